The Kier molecular flexibility index (Phi) is 4.00. The minimum absolute atomic E-state index is 0.311. The molecule has 1 atom stereocenters. The molecule has 6 heteroatoms. The van der Waals surface area contributed by atoms with E-state index in [9.17, 15) is 8.42 Å². The number of benzene rings is 2. The normalized spacial score (nSPS) is 22.4. The van der Waals surface area contributed by atoms with Crippen molar-refractivity contribution in [2.24, 2.45) is 4.99 Å². The number of nitrogens with zero attached hydrogens (tertiary/aromatic N) is 2. The minimum Gasteiger partial charge on any atom is -0.367 e. The first-order valence-corrected chi connectivity index (χ1v) is 10.1. The first-order valence-electron chi connectivity index (χ1n) is 8.57. The number of hydrogen-bond donors (Lipinski definition) is 1. The zero-order chi connectivity index (χ0) is 17.4. The number of sulfonamides is 1. The molecule has 5 nitrogen and oxygen atoms in total. The molecule has 2 aliphatic heterocycles. The van der Waals surface area contributed by atoms with Crippen molar-refractivity contribution in [1.29, 1.82) is 0 Å². The number of amidine groups is 1. The lowest BCUT2D eigenvalue weighted by Crippen LogP contribution is -2.39. The molecule has 0 saturated carbocycles. The van der Waals surface area contributed by atoms with Gasteiger partial charge in [-0.15, -0.1) is 0 Å². The molecule has 0 bridgehead atoms. The lowest BCUT2D eigenvalue weighted by molar-refractivity contribution is 0.565. The van der Waals surface area contributed by atoms with Gasteiger partial charge in [0.05, 0.1) is 11.4 Å². The van der Waals surface area contributed by atoms with Gasteiger partial charge in [-0.05, 0) is 43.5 Å². The summed E-state index contributed by atoms with van der Waals surface area (Å²) < 4.78 is 26.9. The van der Waals surface area contributed by atoms with Crippen molar-refractivity contribution >= 4 is 21.5 Å². The minimum atomic E-state index is -3.46. The van der Waals surface area contributed by atoms with Crippen LogP contribution in [0.15, 0.2) is 58.4 Å². The molecule has 2 heterocycles. The fourth-order valence-electron chi connectivity index (χ4n) is 3.62. The van der Waals surface area contributed by atoms with Gasteiger partial charge in [0.2, 0.25) is 0 Å². The number of anilines is 1. The van der Waals surface area contributed by atoms with E-state index in [1.165, 1.54) is 11.3 Å². The second-order valence-corrected chi connectivity index (χ2v) is 8.19. The van der Waals surface area contributed by atoms with Crippen LogP contribution in [-0.4, -0.2) is 33.4 Å². The van der Waals surface area contributed by atoms with Crippen LogP contribution in [0, 0.1) is 0 Å². The average molecular weight is 355 g/mol. The Morgan fingerprint density at radius 3 is 2.80 bits per heavy atom. The summed E-state index contributed by atoms with van der Waals surface area (Å²) in [5.74, 6) is 0.452. The van der Waals surface area contributed by atoms with Crippen LogP contribution in [0.3, 0.4) is 0 Å². The quantitative estimate of drug-likeness (QED) is 0.920. The molecule has 25 heavy (non-hydrogen) atoms. The van der Waals surface area contributed by atoms with Gasteiger partial charge in [0.15, 0.2) is 0 Å². The van der Waals surface area contributed by atoms with E-state index in [2.05, 4.69) is 45.8 Å². The van der Waals surface area contributed by atoms with E-state index in [1.54, 1.807) is 18.2 Å². The second kappa shape index (κ2) is 6.19. The Labute approximate surface area is 148 Å². The maximum absolute atomic E-state index is 12.1. The van der Waals surface area contributed by atoms with Crippen LogP contribution in [0.2, 0.25) is 0 Å². The molecule has 2 aliphatic rings. The van der Waals surface area contributed by atoms with E-state index < -0.39 is 10.0 Å². The highest BCUT2D eigenvalue weighted by atomic mass is 32.2. The highest BCUT2D eigenvalue weighted by Gasteiger charge is 2.30. The van der Waals surface area contributed by atoms with E-state index in [4.69, 9.17) is 0 Å². The monoisotopic (exact) mass is 355 g/mol. The number of aryl methyl sites for hydroxylation is 1. The number of para-hydroxylation sites is 1. The molecule has 0 fully saturated rings. The number of fused-ring (bicyclic) bond motifs is 2. The van der Waals surface area contributed by atoms with Crippen molar-refractivity contribution in [1.82, 2.24) is 4.72 Å². The van der Waals surface area contributed by atoms with Crippen LogP contribution in [0.4, 0.5) is 5.69 Å². The van der Waals surface area contributed by atoms with Crippen LogP contribution in [0.1, 0.15) is 24.5 Å². The van der Waals surface area contributed by atoms with Crippen LogP contribution in [-0.2, 0) is 16.4 Å². The van der Waals surface area contributed by atoms with Gasteiger partial charge >= 0.3 is 0 Å². The first-order chi connectivity index (χ1) is 12.1. The van der Waals surface area contributed by atoms with E-state index in [-0.39, 0.29) is 0 Å². The topological polar surface area (TPSA) is 61.8 Å². The van der Waals surface area contributed by atoms with Crippen molar-refractivity contribution in [3.05, 3.63) is 59.7 Å². The van der Waals surface area contributed by atoms with Crippen LogP contribution >= 0.6 is 0 Å². The summed E-state index contributed by atoms with van der Waals surface area (Å²) in [5, 5.41) is 0. The maximum Gasteiger partial charge on any atom is 0.263 e. The molecule has 2 aromatic rings. The van der Waals surface area contributed by atoms with Gasteiger partial charge in [-0.1, -0.05) is 30.3 Å². The summed E-state index contributed by atoms with van der Waals surface area (Å²) in [6.07, 6.45) is 2.23. The summed E-state index contributed by atoms with van der Waals surface area (Å²) >= 11 is 0. The van der Waals surface area contributed by atoms with Gasteiger partial charge in [-0.2, -0.15) is 0 Å². The number of aliphatic imine (C=N–C) groups is 1. The third kappa shape index (κ3) is 2.91. The Bertz CT molecular complexity index is 937. The molecule has 130 valence electrons. The standard InChI is InChI=1S/C19H21N3O2S/c1-14-10-11-15-6-2-4-8-17(15)22(14)13-12-20-19-16-7-3-5-9-18(16)25(23,24)21-19/h2-9,14H,10-13H2,1H3,(H,20,21)/t14-/m0/s1. The molecule has 0 saturated heterocycles. The molecule has 0 spiro atoms. The average Bonchev–Trinajstić information content (AvgIpc) is 2.88. The van der Waals surface area contributed by atoms with Crippen molar-refractivity contribution in [3.8, 4) is 0 Å². The van der Waals surface area contributed by atoms with E-state index >= 15 is 0 Å². The SMILES string of the molecule is C[C@H]1CCc2ccccc2N1CCN=C1NS(=O)(=O)c2ccccc21. The van der Waals surface area contributed by atoms with Crippen LogP contribution in [0.25, 0.3) is 0 Å². The van der Waals surface area contributed by atoms with E-state index in [0.29, 0.717) is 28.9 Å². The predicted octanol–water partition coefficient (Wildman–Crippen LogP) is 2.57. The molecular formula is C19H21N3O2S. The smallest absolute Gasteiger partial charge is 0.263 e. The summed E-state index contributed by atoms with van der Waals surface area (Å²) in [4.78, 5) is 7.23. The van der Waals surface area contributed by atoms with Crippen molar-refractivity contribution in [2.45, 2.75) is 30.7 Å². The van der Waals surface area contributed by atoms with E-state index in [0.717, 1.165) is 19.4 Å². The van der Waals surface area contributed by atoms with Crippen LogP contribution < -0.4 is 9.62 Å². The van der Waals surface area contributed by atoms with Crippen molar-refractivity contribution in [3.63, 3.8) is 0 Å². The fraction of sp³-hybridized carbons (Fsp3) is 0.316. The Balaban J connectivity index is 1.55. The Morgan fingerprint density at radius 2 is 1.92 bits per heavy atom. The highest BCUT2D eigenvalue weighted by molar-refractivity contribution is 7.90. The molecule has 0 aliphatic carbocycles. The van der Waals surface area contributed by atoms with Gasteiger partial charge in [0.25, 0.3) is 10.0 Å². The lowest BCUT2D eigenvalue weighted by atomic mass is 9.97. The first kappa shape index (κ1) is 16.1. The van der Waals surface area contributed by atoms with Gasteiger partial charge in [-0.25, -0.2) is 8.42 Å². The summed E-state index contributed by atoms with van der Waals surface area (Å²) in [6, 6.07) is 15.9. The molecule has 0 amide bonds. The Morgan fingerprint density at radius 1 is 1.16 bits per heavy atom. The number of rotatable bonds is 3. The van der Waals surface area contributed by atoms with Gasteiger partial charge < -0.3 is 4.90 Å². The summed E-state index contributed by atoms with van der Waals surface area (Å²) in [5.41, 5.74) is 3.31. The third-order valence-electron chi connectivity index (χ3n) is 4.94. The summed E-state index contributed by atoms with van der Waals surface area (Å²) in [6.45, 7) is 3.55. The van der Waals surface area contributed by atoms with Gasteiger partial charge in [-0.3, -0.25) is 9.71 Å². The Hall–Kier alpha value is -2.34. The van der Waals surface area contributed by atoms with Crippen LogP contribution in [0.5, 0.6) is 0 Å². The molecule has 0 unspecified atom stereocenters. The zero-order valence-electron chi connectivity index (χ0n) is 14.1. The molecule has 4 rings (SSSR count). The predicted molar refractivity (Wildman–Crippen MR) is 99.7 cm³/mol. The number of nitrogens with one attached hydrogen (secondary N) is 1. The molecule has 1 N–H and O–H groups in total. The summed E-state index contributed by atoms with van der Waals surface area (Å²) in [7, 11) is -3.46. The highest BCUT2D eigenvalue weighted by Crippen LogP contribution is 2.30. The van der Waals surface area contributed by atoms with Gasteiger partial charge in [0, 0.05) is 23.8 Å². The van der Waals surface area contributed by atoms with E-state index in [1.807, 2.05) is 6.07 Å². The molecule has 0 radical (unpaired) electrons. The van der Waals surface area contributed by atoms with Gasteiger partial charge in [0.1, 0.15) is 5.84 Å². The largest absolute Gasteiger partial charge is 0.367 e. The molecule has 0 aromatic heterocycles. The van der Waals surface area contributed by atoms with Crippen molar-refractivity contribution < 1.29 is 8.42 Å². The maximum atomic E-state index is 12.1. The second-order valence-electron chi connectivity index (χ2n) is 6.54. The third-order valence-corrected chi connectivity index (χ3v) is 6.34. The molecular weight excluding hydrogens is 334 g/mol. The zero-order valence-corrected chi connectivity index (χ0v) is 15.0. The lowest BCUT2D eigenvalue weighted by Gasteiger charge is -2.36. The molecule has 2 aromatic carbocycles. The van der Waals surface area contributed by atoms with Crippen molar-refractivity contribution in [2.75, 3.05) is 18.0 Å². The fourth-order valence-corrected chi connectivity index (χ4v) is 4.87. The number of hydrogen-bond acceptors (Lipinski definition) is 4.